The van der Waals surface area contributed by atoms with Crippen molar-refractivity contribution >= 4 is 92.9 Å². The first-order valence-corrected chi connectivity index (χ1v) is 22.6. The molecule has 0 aliphatic heterocycles. The van der Waals surface area contributed by atoms with Gasteiger partial charge in [-0.3, -0.25) is 0 Å². The molecule has 0 spiro atoms. The van der Waals surface area contributed by atoms with Crippen molar-refractivity contribution in [3.05, 3.63) is 235 Å². The molecule has 0 saturated heterocycles. The van der Waals surface area contributed by atoms with Crippen molar-refractivity contribution in [2.24, 2.45) is 0 Å². The van der Waals surface area contributed by atoms with Gasteiger partial charge in [-0.25, -0.2) is 13.6 Å². The van der Waals surface area contributed by atoms with Gasteiger partial charge in [-0.2, -0.15) is 0 Å². The second-order valence-electron chi connectivity index (χ2n) is 17.4. The number of para-hydroxylation sites is 6. The largest absolute Gasteiger partial charge is 0.319 e. The van der Waals surface area contributed by atoms with Gasteiger partial charge in [0.25, 0.3) is 0 Å². The second-order valence-corrected chi connectivity index (χ2v) is 17.4. The number of fused-ring (bicyclic) bond motifs is 12. The van der Waals surface area contributed by atoms with E-state index in [4.69, 9.17) is 6.57 Å². The number of aromatic nitrogens is 4. The van der Waals surface area contributed by atoms with Crippen molar-refractivity contribution in [1.29, 1.82) is 0 Å². The van der Waals surface area contributed by atoms with Crippen LogP contribution in [0.25, 0.3) is 126 Å². The van der Waals surface area contributed by atoms with E-state index in [0.717, 1.165) is 87.8 Å². The van der Waals surface area contributed by atoms with E-state index in [1.54, 1.807) is 6.07 Å². The average Bonchev–Trinajstić information content (AvgIpc) is 4.11. The zero-order valence-electron chi connectivity index (χ0n) is 36.2. The topological polar surface area (TPSA) is 24.1 Å². The Labute approximate surface area is 387 Å². The molecular weight excluding hydrogens is 841 g/mol. The molecule has 0 fully saturated rings. The van der Waals surface area contributed by atoms with Gasteiger partial charge in [-0.15, -0.1) is 0 Å². The number of hydrogen-bond acceptors (Lipinski definition) is 0. The molecule has 0 saturated carbocycles. The van der Waals surface area contributed by atoms with Crippen LogP contribution < -0.4 is 0 Å². The molecule has 4 heterocycles. The Kier molecular flexibility index (Phi) is 8.05. The fourth-order valence-electron chi connectivity index (χ4n) is 11.1. The van der Waals surface area contributed by atoms with E-state index in [9.17, 15) is 0 Å². The number of benzene rings is 10. The molecule has 14 aromatic rings. The van der Waals surface area contributed by atoms with Gasteiger partial charge < -0.3 is 18.3 Å². The highest BCUT2D eigenvalue weighted by Gasteiger charge is 2.27. The predicted molar refractivity (Wildman–Crippen MR) is 275 cm³/mol. The normalized spacial score (nSPS) is 12.0. The lowest BCUT2D eigenvalue weighted by atomic mass is 9.99. The van der Waals surface area contributed by atoms with Crippen LogP contribution in [-0.4, -0.2) is 18.3 Å². The third kappa shape index (κ3) is 5.22. The van der Waals surface area contributed by atoms with Crippen LogP contribution in [0, 0.1) is 18.2 Å². The van der Waals surface area contributed by atoms with Gasteiger partial charge in [-0.05, 0) is 91.0 Å². The van der Waals surface area contributed by atoms with E-state index in [2.05, 4.69) is 170 Å². The van der Waals surface area contributed by atoms with E-state index in [0.29, 0.717) is 11.4 Å². The van der Waals surface area contributed by atoms with E-state index in [-0.39, 0.29) is 16.8 Å². The van der Waals surface area contributed by atoms with E-state index < -0.39 is 11.6 Å². The Balaban J connectivity index is 1.06. The molecule has 0 atom stereocenters. The zero-order valence-corrected chi connectivity index (χ0v) is 36.2. The quantitative estimate of drug-likeness (QED) is 0.154. The molecule has 68 heavy (non-hydrogen) atoms. The summed E-state index contributed by atoms with van der Waals surface area (Å²) in [5.41, 5.74) is 11.1. The summed E-state index contributed by atoms with van der Waals surface area (Å²) in [5.74, 6) is -1.42. The van der Waals surface area contributed by atoms with Crippen LogP contribution in [0.2, 0.25) is 0 Å². The number of nitrogens with zero attached hydrogens (tertiary/aromatic N) is 5. The lowest BCUT2D eigenvalue weighted by Crippen LogP contribution is -2.04. The summed E-state index contributed by atoms with van der Waals surface area (Å²) in [4.78, 5) is 4.36. The van der Waals surface area contributed by atoms with E-state index in [1.807, 2.05) is 41.0 Å². The van der Waals surface area contributed by atoms with Crippen LogP contribution >= 0.6 is 0 Å². The standard InChI is InChI=1S/C61H35F2N5/c1-64-60-58(67-54-27-12-6-19-43(54)46-35-37(29-32-56(46)67)65-50-23-8-2-15-39(50)40-16-3-9-24-51(40)65)34-31-45(59-48(62)21-14-22-49(59)63)61(60)68-55-28-13-7-20-44(55)47-36-38(30-33-57(47)68)66-52-25-10-4-17-41(52)42-18-5-11-26-53(42)66/h2-36H. The van der Waals surface area contributed by atoms with Gasteiger partial charge in [0.15, 0.2) is 0 Å². The molecule has 0 unspecified atom stereocenters. The lowest BCUT2D eigenvalue weighted by Gasteiger charge is -2.21. The minimum atomic E-state index is -0.709. The summed E-state index contributed by atoms with van der Waals surface area (Å²) < 4.78 is 41.3. The second kappa shape index (κ2) is 14.4. The van der Waals surface area contributed by atoms with Crippen LogP contribution in [0.15, 0.2) is 212 Å². The maximum absolute atomic E-state index is 16.3. The zero-order chi connectivity index (χ0) is 45.2. The van der Waals surface area contributed by atoms with Gasteiger partial charge in [0, 0.05) is 60.0 Å². The third-order valence-corrected chi connectivity index (χ3v) is 13.9. The van der Waals surface area contributed by atoms with Crippen LogP contribution in [0.3, 0.4) is 0 Å². The SMILES string of the molecule is [C-]#[N+]c1c(-n2c3ccccc3c3cc(-n4c5ccccc5c5ccccc54)ccc32)ccc(-c2c(F)cccc2F)c1-n1c2ccccc2c2cc(-n3c4ccccc4c4ccccc43)ccc21. The molecule has 4 aromatic heterocycles. The summed E-state index contributed by atoms with van der Waals surface area (Å²) >= 11 is 0. The van der Waals surface area contributed by atoms with Crippen LogP contribution in [-0.2, 0) is 0 Å². The maximum Gasteiger partial charge on any atom is 0.234 e. The minimum Gasteiger partial charge on any atom is -0.319 e. The van der Waals surface area contributed by atoms with Gasteiger partial charge >= 0.3 is 0 Å². The predicted octanol–water partition coefficient (Wildman–Crippen LogP) is 16.6. The fourth-order valence-corrected chi connectivity index (χ4v) is 11.1. The molecule has 0 aliphatic rings. The summed E-state index contributed by atoms with van der Waals surface area (Å²) in [6.45, 7) is 9.10. The smallest absolute Gasteiger partial charge is 0.234 e. The van der Waals surface area contributed by atoms with Crippen molar-refractivity contribution in [3.8, 4) is 33.9 Å². The number of halogens is 2. The summed E-state index contributed by atoms with van der Waals surface area (Å²) in [6.07, 6.45) is 0. The minimum absolute atomic E-state index is 0.190. The monoisotopic (exact) mass is 875 g/mol. The average molecular weight is 876 g/mol. The van der Waals surface area contributed by atoms with Gasteiger partial charge in [0.05, 0.1) is 67.6 Å². The molecule has 0 amide bonds. The molecule has 0 radical (unpaired) electrons. The van der Waals surface area contributed by atoms with E-state index >= 15 is 8.78 Å². The summed E-state index contributed by atoms with van der Waals surface area (Å²) in [6, 6.07) is 70.6. The van der Waals surface area contributed by atoms with Crippen molar-refractivity contribution in [2.75, 3.05) is 0 Å². The Bertz CT molecular complexity index is 4370. The van der Waals surface area contributed by atoms with Crippen molar-refractivity contribution in [3.63, 3.8) is 0 Å². The Hall–Kier alpha value is -9.25. The third-order valence-electron chi connectivity index (χ3n) is 13.9. The Morgan fingerprint density at radius 3 is 1.10 bits per heavy atom. The molecule has 0 bridgehead atoms. The maximum atomic E-state index is 16.3. The number of hydrogen-bond donors (Lipinski definition) is 0. The molecule has 14 rings (SSSR count). The first kappa shape index (κ1) is 38.1. The van der Waals surface area contributed by atoms with Crippen molar-refractivity contribution < 1.29 is 8.78 Å². The number of rotatable bonds is 5. The van der Waals surface area contributed by atoms with Gasteiger partial charge in [0.1, 0.15) is 11.6 Å². The fraction of sp³-hybridized carbons (Fsp3) is 0. The Morgan fingerprint density at radius 1 is 0.324 bits per heavy atom. The molecule has 318 valence electrons. The first-order valence-electron chi connectivity index (χ1n) is 22.6. The van der Waals surface area contributed by atoms with Gasteiger partial charge in [0.2, 0.25) is 5.69 Å². The lowest BCUT2D eigenvalue weighted by molar-refractivity contribution is 0.589. The summed E-state index contributed by atoms with van der Waals surface area (Å²) in [5, 5.41) is 8.59. The Morgan fingerprint density at radius 2 is 0.676 bits per heavy atom. The van der Waals surface area contributed by atoms with Crippen LogP contribution in [0.1, 0.15) is 0 Å². The highest BCUT2D eigenvalue weighted by atomic mass is 19.1. The molecular formula is C61H35F2N5. The highest BCUT2D eigenvalue weighted by molar-refractivity contribution is 6.15. The van der Waals surface area contributed by atoms with Crippen molar-refractivity contribution in [2.45, 2.75) is 0 Å². The van der Waals surface area contributed by atoms with Crippen LogP contribution in [0.5, 0.6) is 0 Å². The molecule has 0 N–H and O–H groups in total. The molecule has 10 aromatic carbocycles. The first-order chi connectivity index (χ1) is 33.6. The molecule has 0 aliphatic carbocycles. The van der Waals surface area contributed by atoms with Gasteiger partial charge in [-0.1, -0.05) is 121 Å². The highest BCUT2D eigenvalue weighted by Crippen LogP contribution is 2.47. The van der Waals surface area contributed by atoms with E-state index in [1.165, 1.54) is 29.0 Å². The molecule has 5 nitrogen and oxygen atoms in total. The van der Waals surface area contributed by atoms with Crippen molar-refractivity contribution in [1.82, 2.24) is 18.3 Å². The summed E-state index contributed by atoms with van der Waals surface area (Å²) in [7, 11) is 0. The van der Waals surface area contributed by atoms with Crippen LogP contribution in [0.4, 0.5) is 14.5 Å². The molecule has 7 heteroatoms.